The zero-order chi connectivity index (χ0) is 19.8. The minimum absolute atomic E-state index is 0.152. The Morgan fingerprint density at radius 3 is 2.52 bits per heavy atom. The number of hydrogen-bond acceptors (Lipinski definition) is 4. The summed E-state index contributed by atoms with van der Waals surface area (Å²) in [5.41, 5.74) is 2.69. The molecule has 2 fully saturated rings. The van der Waals surface area contributed by atoms with Gasteiger partial charge in [-0.25, -0.2) is 0 Å². The van der Waals surface area contributed by atoms with E-state index in [1.165, 1.54) is 0 Å². The highest BCUT2D eigenvalue weighted by Crippen LogP contribution is 2.41. The Hall–Kier alpha value is -2.43. The number of carbonyl (C=O) groups excluding carboxylic acids is 1. The van der Waals surface area contributed by atoms with Crippen LogP contribution in [0.15, 0.2) is 54.7 Å². The maximum absolute atomic E-state index is 11.3. The minimum atomic E-state index is -0.152. The number of aromatic nitrogens is 1. The predicted molar refractivity (Wildman–Crippen MR) is 115 cm³/mol. The number of fused-ring (bicyclic) bond motifs is 1. The average molecular weight is 407 g/mol. The quantitative estimate of drug-likeness (QED) is 0.551. The second-order valence-electron chi connectivity index (χ2n) is 8.05. The third kappa shape index (κ3) is 3.52. The molecule has 148 valence electrons. The van der Waals surface area contributed by atoms with Crippen LogP contribution in [0.5, 0.6) is 5.75 Å². The summed E-state index contributed by atoms with van der Waals surface area (Å²) < 4.78 is 6.20. The predicted octanol–water partition coefficient (Wildman–Crippen LogP) is 5.13. The molecule has 0 bridgehead atoms. The van der Waals surface area contributed by atoms with Crippen LogP contribution in [0.4, 0.5) is 0 Å². The van der Waals surface area contributed by atoms with Gasteiger partial charge in [0.05, 0.1) is 16.1 Å². The van der Waals surface area contributed by atoms with Gasteiger partial charge in [-0.3, -0.25) is 9.88 Å². The first-order valence-electron chi connectivity index (χ1n) is 10.2. The molecule has 5 rings (SSSR count). The summed E-state index contributed by atoms with van der Waals surface area (Å²) in [7, 11) is 0. The Morgan fingerprint density at radius 2 is 1.83 bits per heavy atom. The van der Waals surface area contributed by atoms with Crippen molar-refractivity contribution in [1.82, 2.24) is 9.88 Å². The molecular weight excluding hydrogens is 384 g/mol. The molecule has 5 heteroatoms. The molecule has 4 nitrogen and oxygen atoms in total. The van der Waals surface area contributed by atoms with E-state index in [1.807, 2.05) is 48.5 Å². The van der Waals surface area contributed by atoms with Crippen LogP contribution in [0.3, 0.4) is 0 Å². The second-order valence-corrected chi connectivity index (χ2v) is 8.43. The molecule has 1 aliphatic carbocycles. The van der Waals surface area contributed by atoms with Gasteiger partial charge in [-0.1, -0.05) is 41.9 Å². The Kier molecular flexibility index (Phi) is 4.76. The molecule has 2 aliphatic rings. The van der Waals surface area contributed by atoms with Gasteiger partial charge in [0.25, 0.3) is 0 Å². The summed E-state index contributed by atoms with van der Waals surface area (Å²) in [6.07, 6.45) is 7.04. The molecule has 1 saturated heterocycles. The Balaban J connectivity index is 1.27. The third-order valence-corrected chi connectivity index (χ3v) is 6.62. The van der Waals surface area contributed by atoms with Crippen molar-refractivity contribution in [2.45, 2.75) is 37.3 Å². The van der Waals surface area contributed by atoms with Crippen LogP contribution >= 0.6 is 11.6 Å². The number of rotatable bonds is 5. The number of aldehydes is 1. The fourth-order valence-corrected chi connectivity index (χ4v) is 4.62. The Labute approximate surface area is 175 Å². The highest BCUT2D eigenvalue weighted by Gasteiger charge is 2.48. The van der Waals surface area contributed by atoms with Gasteiger partial charge in [0.15, 0.2) is 0 Å². The van der Waals surface area contributed by atoms with Crippen molar-refractivity contribution in [2.24, 2.45) is 0 Å². The molecule has 0 radical (unpaired) electrons. The molecule has 0 N–H and O–H groups in total. The van der Waals surface area contributed by atoms with E-state index in [-0.39, 0.29) is 11.6 Å². The lowest BCUT2D eigenvalue weighted by Crippen LogP contribution is -2.46. The number of halogens is 1. The van der Waals surface area contributed by atoms with Crippen LogP contribution in [-0.4, -0.2) is 40.9 Å². The van der Waals surface area contributed by atoms with Crippen molar-refractivity contribution in [3.8, 4) is 16.9 Å². The number of nitrogens with zero attached hydrogens (tertiary/aromatic N) is 2. The van der Waals surface area contributed by atoms with E-state index in [0.29, 0.717) is 5.02 Å². The molecule has 1 aromatic heterocycles. The lowest BCUT2D eigenvalue weighted by atomic mass is 10.0. The largest absolute Gasteiger partial charge is 0.490 e. The monoisotopic (exact) mass is 406 g/mol. The number of carbonyl (C=O) groups is 1. The van der Waals surface area contributed by atoms with Crippen LogP contribution in [0, 0.1) is 0 Å². The van der Waals surface area contributed by atoms with Crippen LogP contribution in [0.1, 0.15) is 25.7 Å². The lowest BCUT2D eigenvalue weighted by Gasteiger charge is -2.35. The van der Waals surface area contributed by atoms with Gasteiger partial charge in [-0.05, 0) is 49.4 Å². The molecule has 0 spiro atoms. The van der Waals surface area contributed by atoms with E-state index in [1.54, 1.807) is 6.20 Å². The maximum Gasteiger partial charge on any atom is 0.140 e. The first kappa shape index (κ1) is 18.6. The summed E-state index contributed by atoms with van der Waals surface area (Å²) in [6, 6.07) is 16.1. The molecule has 3 aromatic rings. The smallest absolute Gasteiger partial charge is 0.140 e. The van der Waals surface area contributed by atoms with Crippen molar-refractivity contribution in [3.05, 3.63) is 59.8 Å². The number of piperidine rings is 1. The number of benzene rings is 2. The molecule has 0 atom stereocenters. The topological polar surface area (TPSA) is 42.4 Å². The Bertz CT molecular complexity index is 1040. The average Bonchev–Trinajstić information content (AvgIpc) is 3.57. The molecule has 29 heavy (non-hydrogen) atoms. The highest BCUT2D eigenvalue weighted by molar-refractivity contribution is 6.37. The zero-order valence-electron chi connectivity index (χ0n) is 16.2. The van der Waals surface area contributed by atoms with Gasteiger partial charge in [0, 0.05) is 30.2 Å². The van der Waals surface area contributed by atoms with Crippen molar-refractivity contribution in [2.75, 3.05) is 13.1 Å². The molecule has 1 aliphatic heterocycles. The highest BCUT2D eigenvalue weighted by atomic mass is 35.5. The van der Waals surface area contributed by atoms with E-state index >= 15 is 0 Å². The lowest BCUT2D eigenvalue weighted by molar-refractivity contribution is -0.114. The summed E-state index contributed by atoms with van der Waals surface area (Å²) in [4.78, 5) is 18.1. The normalized spacial score (nSPS) is 19.2. The Morgan fingerprint density at radius 1 is 1.07 bits per heavy atom. The van der Waals surface area contributed by atoms with Gasteiger partial charge in [0.1, 0.15) is 18.1 Å². The van der Waals surface area contributed by atoms with Crippen molar-refractivity contribution >= 4 is 28.8 Å². The van der Waals surface area contributed by atoms with Crippen LogP contribution in [-0.2, 0) is 4.79 Å². The fourth-order valence-electron chi connectivity index (χ4n) is 4.29. The molecule has 0 amide bonds. The van der Waals surface area contributed by atoms with Crippen LogP contribution in [0.2, 0.25) is 5.02 Å². The van der Waals surface area contributed by atoms with Crippen molar-refractivity contribution < 1.29 is 9.53 Å². The van der Waals surface area contributed by atoms with Gasteiger partial charge in [-0.2, -0.15) is 0 Å². The molecule has 0 unspecified atom stereocenters. The summed E-state index contributed by atoms with van der Waals surface area (Å²) in [5.74, 6) is 0.874. The van der Waals surface area contributed by atoms with E-state index < -0.39 is 0 Å². The van der Waals surface area contributed by atoms with Gasteiger partial charge in [0.2, 0.25) is 0 Å². The van der Waals surface area contributed by atoms with Crippen molar-refractivity contribution in [3.63, 3.8) is 0 Å². The van der Waals surface area contributed by atoms with Crippen molar-refractivity contribution in [1.29, 1.82) is 0 Å². The maximum atomic E-state index is 11.3. The first-order chi connectivity index (χ1) is 14.2. The number of ether oxygens (including phenoxy) is 1. The number of pyridine rings is 1. The van der Waals surface area contributed by atoms with E-state index in [2.05, 4.69) is 9.88 Å². The number of likely N-dealkylation sites (tertiary alicyclic amines) is 1. The number of hydrogen-bond donors (Lipinski definition) is 0. The second kappa shape index (κ2) is 7.43. The summed E-state index contributed by atoms with van der Waals surface area (Å²) in [6.45, 7) is 1.86. The summed E-state index contributed by atoms with van der Waals surface area (Å²) >= 11 is 6.62. The summed E-state index contributed by atoms with van der Waals surface area (Å²) in [5, 5.41) is 1.71. The molecule has 2 heterocycles. The van der Waals surface area contributed by atoms with Crippen LogP contribution in [0.25, 0.3) is 22.0 Å². The van der Waals surface area contributed by atoms with Gasteiger partial charge < -0.3 is 9.53 Å². The van der Waals surface area contributed by atoms with Crippen LogP contribution < -0.4 is 4.74 Å². The fraction of sp³-hybridized carbons (Fsp3) is 0.333. The standard InChI is InChI=1S/C24H23ClN2O2/c25-22-21(8-5-18-2-1-13-26-23(18)22)17-3-6-19(7-4-17)29-20-9-14-27(15-10-20)24(16-28)11-12-24/h1-8,13,16,20H,9-12,14-15H2. The minimum Gasteiger partial charge on any atom is -0.490 e. The molecule has 2 aromatic carbocycles. The van der Waals surface area contributed by atoms with Gasteiger partial charge in [-0.15, -0.1) is 0 Å². The van der Waals surface area contributed by atoms with E-state index in [9.17, 15) is 4.79 Å². The van der Waals surface area contributed by atoms with Gasteiger partial charge >= 0.3 is 0 Å². The van der Waals surface area contributed by atoms with E-state index in [4.69, 9.17) is 16.3 Å². The molecule has 1 saturated carbocycles. The van der Waals surface area contributed by atoms with E-state index in [0.717, 1.165) is 72.8 Å². The zero-order valence-corrected chi connectivity index (χ0v) is 16.9. The molecular formula is C24H23ClN2O2. The third-order valence-electron chi connectivity index (χ3n) is 6.23. The first-order valence-corrected chi connectivity index (χ1v) is 10.6. The SMILES string of the molecule is O=CC1(N2CCC(Oc3ccc(-c4ccc5cccnc5c4Cl)cc3)CC2)CC1.